The Morgan fingerprint density at radius 1 is 1.55 bits per heavy atom. The Bertz CT molecular complexity index is 414. The molecule has 0 radical (unpaired) electrons. The molecule has 2 heterocycles. The van der Waals surface area contributed by atoms with Gasteiger partial charge in [0.25, 0.3) is 0 Å². The smallest absolute Gasteiger partial charge is 0.239 e. The molecule has 1 saturated heterocycles. The van der Waals surface area contributed by atoms with Crippen LogP contribution in [0, 0.1) is 5.92 Å². The molecule has 2 N–H and O–H groups in total. The summed E-state index contributed by atoms with van der Waals surface area (Å²) in [4.78, 5) is 14.4. The molecule has 2 atom stereocenters. The van der Waals surface area contributed by atoms with Crippen molar-refractivity contribution in [3.05, 3.63) is 22.4 Å². The van der Waals surface area contributed by atoms with E-state index in [0.717, 1.165) is 37.4 Å². The third kappa shape index (κ3) is 3.81. The van der Waals surface area contributed by atoms with Crippen LogP contribution in [0.5, 0.6) is 0 Å². The molecule has 1 aromatic heterocycles. The maximum Gasteiger partial charge on any atom is 0.239 e. The highest BCUT2D eigenvalue weighted by molar-refractivity contribution is 7.07. The molecule has 1 aromatic rings. The largest absolute Gasteiger partial charge is 0.394 e. The predicted molar refractivity (Wildman–Crippen MR) is 81.7 cm³/mol. The minimum atomic E-state index is -0.263. The lowest BCUT2D eigenvalue weighted by molar-refractivity contribution is -0.134. The minimum absolute atomic E-state index is 0.00534. The second kappa shape index (κ2) is 7.20. The van der Waals surface area contributed by atoms with Crippen molar-refractivity contribution in [2.75, 3.05) is 19.7 Å². The fourth-order valence-electron chi connectivity index (χ4n) is 2.60. The lowest BCUT2D eigenvalue weighted by Gasteiger charge is -2.33. The van der Waals surface area contributed by atoms with Crippen molar-refractivity contribution in [2.45, 2.75) is 38.8 Å². The summed E-state index contributed by atoms with van der Waals surface area (Å²) in [6.07, 6.45) is 2.18. The van der Waals surface area contributed by atoms with E-state index in [4.69, 9.17) is 0 Å². The Labute approximate surface area is 124 Å². The van der Waals surface area contributed by atoms with E-state index in [1.807, 2.05) is 28.7 Å². The normalized spacial score (nSPS) is 19.9. The number of hydrogen-bond acceptors (Lipinski definition) is 4. The first-order valence-corrected chi connectivity index (χ1v) is 8.24. The topological polar surface area (TPSA) is 52.6 Å². The molecule has 2 unspecified atom stereocenters. The van der Waals surface area contributed by atoms with Gasteiger partial charge in [0.2, 0.25) is 5.91 Å². The summed E-state index contributed by atoms with van der Waals surface area (Å²) < 4.78 is 0. The highest BCUT2D eigenvalue weighted by atomic mass is 32.1. The molecule has 0 saturated carbocycles. The zero-order chi connectivity index (χ0) is 14.5. The van der Waals surface area contributed by atoms with Crippen LogP contribution >= 0.6 is 11.3 Å². The van der Waals surface area contributed by atoms with Gasteiger partial charge in [0.1, 0.15) is 0 Å². The molecule has 2 rings (SSSR count). The van der Waals surface area contributed by atoms with Crippen LogP contribution in [0.3, 0.4) is 0 Å². The number of amides is 1. The quantitative estimate of drug-likeness (QED) is 0.874. The summed E-state index contributed by atoms with van der Waals surface area (Å²) in [5, 5.41) is 16.7. The van der Waals surface area contributed by atoms with E-state index in [2.05, 4.69) is 12.2 Å². The maximum absolute atomic E-state index is 12.4. The molecule has 1 aliphatic rings. The summed E-state index contributed by atoms with van der Waals surface area (Å²) in [5.74, 6) is 0.865. The predicted octanol–water partition coefficient (Wildman–Crippen LogP) is 2.02. The van der Waals surface area contributed by atoms with Gasteiger partial charge in [0, 0.05) is 13.1 Å². The Balaban J connectivity index is 1.90. The Hall–Kier alpha value is -0.910. The fourth-order valence-corrected chi connectivity index (χ4v) is 3.32. The third-order valence-electron chi connectivity index (χ3n) is 4.05. The van der Waals surface area contributed by atoms with Gasteiger partial charge < -0.3 is 10.0 Å². The summed E-state index contributed by atoms with van der Waals surface area (Å²) in [7, 11) is 0. The van der Waals surface area contributed by atoms with Crippen molar-refractivity contribution >= 4 is 17.2 Å². The second-order valence-electron chi connectivity index (χ2n) is 5.69. The Morgan fingerprint density at radius 3 is 2.80 bits per heavy atom. The molecule has 0 spiro atoms. The SMILES string of the molecule is CC1CCN(C(=O)C(C)NC(CO)c2ccsc2)CC1. The monoisotopic (exact) mass is 296 g/mol. The maximum atomic E-state index is 12.4. The van der Waals surface area contributed by atoms with E-state index in [1.54, 1.807) is 11.3 Å². The zero-order valence-corrected chi connectivity index (χ0v) is 13.0. The average molecular weight is 296 g/mol. The number of carbonyl (C=O) groups excluding carboxylic acids is 1. The van der Waals surface area contributed by atoms with Gasteiger partial charge in [-0.1, -0.05) is 6.92 Å². The highest BCUT2D eigenvalue weighted by Crippen LogP contribution is 2.19. The number of nitrogens with one attached hydrogen (secondary N) is 1. The van der Waals surface area contributed by atoms with Crippen LogP contribution in [0.25, 0.3) is 0 Å². The number of nitrogens with zero attached hydrogens (tertiary/aromatic N) is 1. The molecule has 1 amide bonds. The van der Waals surface area contributed by atoms with E-state index in [9.17, 15) is 9.90 Å². The first-order chi connectivity index (χ1) is 9.61. The van der Waals surface area contributed by atoms with Crippen LogP contribution in [0.15, 0.2) is 16.8 Å². The van der Waals surface area contributed by atoms with Crippen LogP contribution in [0.4, 0.5) is 0 Å². The molecule has 1 aliphatic heterocycles. The number of thiophene rings is 1. The van der Waals surface area contributed by atoms with E-state index < -0.39 is 0 Å². The standard InChI is InChI=1S/C15H24N2O2S/c1-11-3-6-17(7-4-11)15(19)12(2)16-14(9-18)13-5-8-20-10-13/h5,8,10-12,14,16,18H,3-4,6-7,9H2,1-2H3. The number of aliphatic hydroxyl groups is 1. The van der Waals surface area contributed by atoms with Crippen LogP contribution in [0.1, 0.15) is 38.3 Å². The van der Waals surface area contributed by atoms with E-state index in [0.29, 0.717) is 0 Å². The van der Waals surface area contributed by atoms with Crippen LogP contribution < -0.4 is 5.32 Å². The first kappa shape index (κ1) is 15.5. The first-order valence-electron chi connectivity index (χ1n) is 7.29. The summed E-state index contributed by atoms with van der Waals surface area (Å²) in [6, 6.07) is 1.56. The molecule has 5 heteroatoms. The third-order valence-corrected chi connectivity index (χ3v) is 4.75. The van der Waals surface area contributed by atoms with E-state index in [1.165, 1.54) is 0 Å². The number of hydrogen-bond donors (Lipinski definition) is 2. The molecule has 1 fully saturated rings. The van der Waals surface area contributed by atoms with E-state index >= 15 is 0 Å². The van der Waals surface area contributed by atoms with Gasteiger partial charge in [-0.15, -0.1) is 0 Å². The van der Waals surface area contributed by atoms with Crippen LogP contribution in [-0.2, 0) is 4.79 Å². The Morgan fingerprint density at radius 2 is 2.25 bits per heavy atom. The average Bonchev–Trinajstić information content (AvgIpc) is 2.98. The lowest BCUT2D eigenvalue weighted by Crippen LogP contribution is -2.48. The lowest BCUT2D eigenvalue weighted by atomic mass is 9.98. The van der Waals surface area contributed by atoms with Crippen molar-refractivity contribution in [1.82, 2.24) is 10.2 Å². The van der Waals surface area contributed by atoms with Gasteiger partial charge in [-0.3, -0.25) is 10.1 Å². The Kier molecular flexibility index (Phi) is 5.57. The molecule has 20 heavy (non-hydrogen) atoms. The van der Waals surface area contributed by atoms with Gasteiger partial charge >= 0.3 is 0 Å². The van der Waals surface area contributed by atoms with Crippen LogP contribution in [0.2, 0.25) is 0 Å². The number of piperidine rings is 1. The van der Waals surface area contributed by atoms with Gasteiger partial charge in [0.15, 0.2) is 0 Å². The number of aliphatic hydroxyl groups excluding tert-OH is 1. The molecule has 4 nitrogen and oxygen atoms in total. The van der Waals surface area contributed by atoms with Crippen molar-refractivity contribution in [2.24, 2.45) is 5.92 Å². The second-order valence-corrected chi connectivity index (χ2v) is 6.47. The molecule has 0 aliphatic carbocycles. The highest BCUT2D eigenvalue weighted by Gasteiger charge is 2.26. The van der Waals surface area contributed by atoms with Gasteiger partial charge in [-0.25, -0.2) is 0 Å². The number of rotatable bonds is 5. The molecule has 0 aromatic carbocycles. The molecule has 112 valence electrons. The summed E-state index contributed by atoms with van der Waals surface area (Å²) in [6.45, 7) is 5.84. The number of likely N-dealkylation sites (tertiary alicyclic amines) is 1. The zero-order valence-electron chi connectivity index (χ0n) is 12.2. The van der Waals surface area contributed by atoms with E-state index in [-0.39, 0.29) is 24.6 Å². The minimum Gasteiger partial charge on any atom is -0.394 e. The summed E-state index contributed by atoms with van der Waals surface area (Å²) in [5.41, 5.74) is 1.05. The van der Waals surface area contributed by atoms with Crippen LogP contribution in [-0.4, -0.2) is 41.7 Å². The van der Waals surface area contributed by atoms with Gasteiger partial charge in [0.05, 0.1) is 18.7 Å². The van der Waals surface area contributed by atoms with Crippen molar-refractivity contribution in [3.8, 4) is 0 Å². The molecule has 0 bridgehead atoms. The van der Waals surface area contributed by atoms with Crippen molar-refractivity contribution in [1.29, 1.82) is 0 Å². The van der Waals surface area contributed by atoms with Gasteiger partial charge in [-0.2, -0.15) is 11.3 Å². The van der Waals surface area contributed by atoms with Crippen molar-refractivity contribution in [3.63, 3.8) is 0 Å². The number of carbonyl (C=O) groups is 1. The fraction of sp³-hybridized carbons (Fsp3) is 0.667. The molecular weight excluding hydrogens is 272 g/mol. The van der Waals surface area contributed by atoms with Crippen molar-refractivity contribution < 1.29 is 9.90 Å². The molecular formula is C15H24N2O2S. The van der Waals surface area contributed by atoms with Gasteiger partial charge in [-0.05, 0) is 48.1 Å². The summed E-state index contributed by atoms with van der Waals surface area (Å²) >= 11 is 1.60.